The van der Waals surface area contributed by atoms with E-state index in [2.05, 4.69) is 57.8 Å². The van der Waals surface area contributed by atoms with Gasteiger partial charge in [0.25, 0.3) is 0 Å². The Morgan fingerprint density at radius 3 is 2.47 bits per heavy atom. The van der Waals surface area contributed by atoms with Crippen LogP contribution in [-0.4, -0.2) is 9.90 Å². The summed E-state index contributed by atoms with van der Waals surface area (Å²) < 4.78 is 2.39. The maximum Gasteiger partial charge on any atom is 0.0492 e. The van der Waals surface area contributed by atoms with Gasteiger partial charge in [-0.2, -0.15) is 0 Å². The number of rotatable bonds is 3. The predicted octanol–water partition coefficient (Wildman–Crippen LogP) is 4.47. The highest BCUT2D eigenvalue weighted by molar-refractivity contribution is 9.09. The zero-order chi connectivity index (χ0) is 13.4. The van der Waals surface area contributed by atoms with Crippen LogP contribution in [0.3, 0.4) is 0 Å². The van der Waals surface area contributed by atoms with Crippen LogP contribution in [0.4, 0.5) is 5.69 Å². The van der Waals surface area contributed by atoms with E-state index in [-0.39, 0.29) is 0 Å². The van der Waals surface area contributed by atoms with Crippen molar-refractivity contribution < 1.29 is 0 Å². The molecular weight excluding hydrogens is 300 g/mol. The number of halogens is 1. The molecule has 0 bridgehead atoms. The van der Waals surface area contributed by atoms with Gasteiger partial charge < -0.3 is 10.3 Å². The quantitative estimate of drug-likeness (QED) is 0.561. The number of anilines is 1. The van der Waals surface area contributed by atoms with Crippen molar-refractivity contribution in [3.05, 3.63) is 42.0 Å². The Hall–Kier alpha value is -1.48. The maximum absolute atomic E-state index is 5.95. The van der Waals surface area contributed by atoms with Crippen LogP contribution in [0.15, 0.2) is 36.4 Å². The molecule has 1 aromatic heterocycles. The average Bonchev–Trinajstić information content (AvgIpc) is 2.69. The topological polar surface area (TPSA) is 30.9 Å². The molecule has 0 saturated heterocycles. The Labute approximate surface area is 121 Å². The molecule has 0 radical (unpaired) electrons. The van der Waals surface area contributed by atoms with Gasteiger partial charge in [0, 0.05) is 39.4 Å². The van der Waals surface area contributed by atoms with Gasteiger partial charge in [-0.3, -0.25) is 0 Å². The lowest BCUT2D eigenvalue weighted by atomic mass is 10.1. The molecule has 3 rings (SSSR count). The van der Waals surface area contributed by atoms with Crippen molar-refractivity contribution in [3.8, 4) is 0 Å². The molecule has 0 atom stereocenters. The molecule has 0 amide bonds. The number of aromatic nitrogens is 1. The van der Waals surface area contributed by atoms with E-state index in [1.807, 2.05) is 6.07 Å². The first-order chi connectivity index (χ1) is 9.20. The monoisotopic (exact) mass is 316 g/mol. The summed E-state index contributed by atoms with van der Waals surface area (Å²) in [6, 6.07) is 12.8. The highest BCUT2D eigenvalue weighted by Crippen LogP contribution is 2.31. The van der Waals surface area contributed by atoms with Gasteiger partial charge in [-0.05, 0) is 43.7 Å². The van der Waals surface area contributed by atoms with Crippen LogP contribution in [0.2, 0.25) is 0 Å². The number of aryl methyl sites for hydroxylation is 2. The summed E-state index contributed by atoms with van der Waals surface area (Å²) in [7, 11) is 0. The Balaban J connectivity index is 2.36. The van der Waals surface area contributed by atoms with Crippen molar-refractivity contribution in [1.82, 2.24) is 4.57 Å². The molecule has 0 fully saturated rings. The van der Waals surface area contributed by atoms with Crippen molar-refractivity contribution in [2.45, 2.75) is 19.9 Å². The van der Waals surface area contributed by atoms with Gasteiger partial charge in [-0.1, -0.05) is 27.6 Å². The third kappa shape index (κ3) is 2.12. The van der Waals surface area contributed by atoms with Crippen molar-refractivity contribution >= 4 is 43.4 Å². The molecule has 0 spiro atoms. The Morgan fingerprint density at radius 1 is 1.05 bits per heavy atom. The standard InChI is InChI=1S/C16H17BrN2/c1-11-3-5-15-13(9-11)14-10-12(18)4-6-16(14)19(15)8-2-7-17/h3-6,9-10H,2,7-8,18H2,1H3. The Bertz CT molecular complexity index is 684. The number of hydrogen-bond acceptors (Lipinski definition) is 1. The zero-order valence-corrected chi connectivity index (χ0v) is 12.6. The van der Waals surface area contributed by atoms with E-state index >= 15 is 0 Å². The SMILES string of the molecule is Cc1ccc2c(c1)c1cc(N)ccc1n2CCCBr. The second-order valence-electron chi connectivity index (χ2n) is 4.99. The van der Waals surface area contributed by atoms with Crippen LogP contribution in [0, 0.1) is 6.92 Å². The van der Waals surface area contributed by atoms with Crippen molar-refractivity contribution in [3.63, 3.8) is 0 Å². The molecule has 3 heteroatoms. The minimum Gasteiger partial charge on any atom is -0.399 e. The summed E-state index contributed by atoms with van der Waals surface area (Å²) >= 11 is 3.51. The number of nitrogens with zero attached hydrogens (tertiary/aromatic N) is 1. The van der Waals surface area contributed by atoms with Gasteiger partial charge in [-0.15, -0.1) is 0 Å². The molecule has 1 heterocycles. The van der Waals surface area contributed by atoms with Crippen LogP contribution in [-0.2, 0) is 6.54 Å². The fraction of sp³-hybridized carbons (Fsp3) is 0.250. The van der Waals surface area contributed by atoms with E-state index in [1.165, 1.54) is 27.4 Å². The molecule has 0 aliphatic rings. The van der Waals surface area contributed by atoms with Crippen LogP contribution in [0.5, 0.6) is 0 Å². The van der Waals surface area contributed by atoms with Gasteiger partial charge in [0.05, 0.1) is 0 Å². The first kappa shape index (κ1) is 12.5. The first-order valence-electron chi connectivity index (χ1n) is 6.55. The smallest absolute Gasteiger partial charge is 0.0492 e. The highest BCUT2D eigenvalue weighted by Gasteiger charge is 2.10. The molecule has 2 aromatic carbocycles. The zero-order valence-electron chi connectivity index (χ0n) is 11.0. The van der Waals surface area contributed by atoms with E-state index in [0.29, 0.717) is 0 Å². The fourth-order valence-corrected chi connectivity index (χ4v) is 2.95. The van der Waals surface area contributed by atoms with Gasteiger partial charge in [0.15, 0.2) is 0 Å². The molecule has 2 N–H and O–H groups in total. The number of fused-ring (bicyclic) bond motifs is 3. The highest BCUT2D eigenvalue weighted by atomic mass is 79.9. The second kappa shape index (κ2) is 4.89. The lowest BCUT2D eigenvalue weighted by Gasteiger charge is -2.06. The molecule has 0 aliphatic heterocycles. The lowest BCUT2D eigenvalue weighted by molar-refractivity contribution is 0.732. The summed E-state index contributed by atoms with van der Waals surface area (Å²) in [6.45, 7) is 3.16. The summed E-state index contributed by atoms with van der Waals surface area (Å²) in [5, 5.41) is 3.58. The van der Waals surface area contributed by atoms with Gasteiger partial charge >= 0.3 is 0 Å². The summed E-state index contributed by atoms with van der Waals surface area (Å²) in [5.41, 5.74) is 10.6. The number of hydrogen-bond donors (Lipinski definition) is 1. The summed E-state index contributed by atoms with van der Waals surface area (Å²) in [4.78, 5) is 0. The molecule has 98 valence electrons. The molecule has 0 saturated carbocycles. The Kier molecular flexibility index (Phi) is 3.23. The third-order valence-corrected chi connectivity index (χ3v) is 4.12. The van der Waals surface area contributed by atoms with E-state index in [9.17, 15) is 0 Å². The van der Waals surface area contributed by atoms with Gasteiger partial charge in [-0.25, -0.2) is 0 Å². The van der Waals surface area contributed by atoms with Crippen molar-refractivity contribution in [2.75, 3.05) is 11.1 Å². The Morgan fingerprint density at radius 2 is 1.74 bits per heavy atom. The molecule has 0 aliphatic carbocycles. The van der Waals surface area contributed by atoms with Crippen LogP contribution >= 0.6 is 15.9 Å². The second-order valence-corrected chi connectivity index (χ2v) is 5.78. The molecule has 3 aromatic rings. The summed E-state index contributed by atoms with van der Waals surface area (Å²) in [5.74, 6) is 0. The number of benzene rings is 2. The number of alkyl halides is 1. The van der Waals surface area contributed by atoms with Crippen molar-refractivity contribution in [2.24, 2.45) is 0 Å². The van der Waals surface area contributed by atoms with Gasteiger partial charge in [0.2, 0.25) is 0 Å². The van der Waals surface area contributed by atoms with E-state index in [0.717, 1.165) is 24.0 Å². The minimum atomic E-state index is 0.827. The van der Waals surface area contributed by atoms with Gasteiger partial charge in [0.1, 0.15) is 0 Å². The predicted molar refractivity (Wildman–Crippen MR) is 87.0 cm³/mol. The molecular formula is C16H17BrN2. The normalized spacial score (nSPS) is 11.5. The fourth-order valence-electron chi connectivity index (χ4n) is 2.69. The maximum atomic E-state index is 5.95. The van der Waals surface area contributed by atoms with Crippen LogP contribution < -0.4 is 5.73 Å². The van der Waals surface area contributed by atoms with E-state index < -0.39 is 0 Å². The van der Waals surface area contributed by atoms with Crippen LogP contribution in [0.1, 0.15) is 12.0 Å². The number of nitrogens with two attached hydrogens (primary N) is 1. The molecule has 0 unspecified atom stereocenters. The summed E-state index contributed by atoms with van der Waals surface area (Å²) in [6.07, 6.45) is 1.12. The van der Waals surface area contributed by atoms with E-state index in [4.69, 9.17) is 5.73 Å². The van der Waals surface area contributed by atoms with Crippen LogP contribution in [0.25, 0.3) is 21.8 Å². The largest absolute Gasteiger partial charge is 0.399 e. The lowest BCUT2D eigenvalue weighted by Crippen LogP contribution is -1.98. The molecule has 2 nitrogen and oxygen atoms in total. The van der Waals surface area contributed by atoms with Crippen molar-refractivity contribution in [1.29, 1.82) is 0 Å². The average molecular weight is 317 g/mol. The molecule has 19 heavy (non-hydrogen) atoms. The third-order valence-electron chi connectivity index (χ3n) is 3.56. The minimum absolute atomic E-state index is 0.827. The first-order valence-corrected chi connectivity index (χ1v) is 7.67. The number of nitrogen functional groups attached to an aromatic ring is 1. The van der Waals surface area contributed by atoms with E-state index in [1.54, 1.807) is 0 Å².